The molecule has 0 saturated carbocycles. The van der Waals surface area contributed by atoms with Gasteiger partial charge in [-0.2, -0.15) is 0 Å². The van der Waals surface area contributed by atoms with Crippen LogP contribution in [-0.4, -0.2) is 35.6 Å². The van der Waals surface area contributed by atoms with Crippen molar-refractivity contribution in [3.8, 4) is 22.9 Å². The largest absolute Gasteiger partial charge is 0.496 e. The summed E-state index contributed by atoms with van der Waals surface area (Å²) in [5.41, 5.74) is 10.8. The average molecular weight is 376 g/mol. The Balaban J connectivity index is 1.54. The fourth-order valence-electron chi connectivity index (χ4n) is 3.59. The molecule has 1 aliphatic rings. The number of nitrogens with zero attached hydrogens (tertiary/aromatic N) is 3. The molecule has 1 aromatic heterocycles. The molecule has 2 N–H and O–H groups in total. The van der Waals surface area contributed by atoms with Crippen LogP contribution in [-0.2, 0) is 19.5 Å². The minimum Gasteiger partial charge on any atom is -0.496 e. The predicted octanol–water partition coefficient (Wildman–Crippen LogP) is 3.30. The molecule has 28 heavy (non-hydrogen) atoms. The lowest BCUT2D eigenvalue weighted by Crippen LogP contribution is -2.31. The number of nitrogens with two attached hydrogens (primary N) is 1. The number of hydrogen-bond donors (Lipinski definition) is 1. The maximum atomic E-state index is 5.77. The van der Waals surface area contributed by atoms with E-state index in [0.717, 1.165) is 65.9 Å². The zero-order valence-electron chi connectivity index (χ0n) is 16.2. The molecule has 0 atom stereocenters. The van der Waals surface area contributed by atoms with E-state index in [0.29, 0.717) is 0 Å². The second kappa shape index (κ2) is 7.86. The maximum Gasteiger partial charge on any atom is 0.159 e. The Kier molecular flexibility index (Phi) is 5.12. The van der Waals surface area contributed by atoms with Gasteiger partial charge in [0, 0.05) is 49.1 Å². The molecule has 0 spiro atoms. The van der Waals surface area contributed by atoms with Gasteiger partial charge in [-0.1, -0.05) is 6.07 Å². The van der Waals surface area contributed by atoms with E-state index in [-0.39, 0.29) is 0 Å². The SMILES string of the molecule is COc1cccc(OC)c1CN1CCc2nc(-c3ccc(N)cc3)ncc2C1. The lowest BCUT2D eigenvalue weighted by molar-refractivity contribution is 0.235. The van der Waals surface area contributed by atoms with Crippen LogP contribution in [0.5, 0.6) is 11.5 Å². The van der Waals surface area contributed by atoms with Gasteiger partial charge in [0.1, 0.15) is 11.5 Å². The molecule has 3 aromatic rings. The summed E-state index contributed by atoms with van der Waals surface area (Å²) in [4.78, 5) is 11.7. The summed E-state index contributed by atoms with van der Waals surface area (Å²) in [6.45, 7) is 2.48. The Labute approximate surface area is 164 Å². The van der Waals surface area contributed by atoms with Crippen molar-refractivity contribution in [3.05, 3.63) is 65.5 Å². The van der Waals surface area contributed by atoms with E-state index in [2.05, 4.69) is 9.88 Å². The van der Waals surface area contributed by atoms with Crippen molar-refractivity contribution in [1.29, 1.82) is 0 Å². The first-order valence-corrected chi connectivity index (χ1v) is 9.31. The highest BCUT2D eigenvalue weighted by Gasteiger charge is 2.21. The minimum absolute atomic E-state index is 0.740. The molecule has 0 unspecified atom stereocenters. The standard InChI is InChI=1S/C22H24N4O2/c1-27-20-4-3-5-21(28-2)18(20)14-26-11-10-19-16(13-26)12-24-22(25-19)15-6-8-17(23)9-7-15/h3-9,12H,10-11,13-14,23H2,1-2H3. The molecule has 0 fully saturated rings. The van der Waals surface area contributed by atoms with E-state index in [1.54, 1.807) is 14.2 Å². The van der Waals surface area contributed by atoms with Crippen LogP contribution in [0, 0.1) is 0 Å². The third-order valence-corrected chi connectivity index (χ3v) is 5.09. The van der Waals surface area contributed by atoms with Crippen molar-refractivity contribution in [3.63, 3.8) is 0 Å². The van der Waals surface area contributed by atoms with E-state index in [1.165, 1.54) is 5.56 Å². The molecule has 6 heteroatoms. The molecule has 0 aliphatic carbocycles. The highest BCUT2D eigenvalue weighted by Crippen LogP contribution is 2.31. The van der Waals surface area contributed by atoms with Gasteiger partial charge in [0.2, 0.25) is 0 Å². The minimum atomic E-state index is 0.740. The fourth-order valence-corrected chi connectivity index (χ4v) is 3.59. The zero-order valence-corrected chi connectivity index (χ0v) is 16.2. The molecule has 2 heterocycles. The summed E-state index contributed by atoms with van der Waals surface area (Å²) in [5, 5.41) is 0. The molecule has 0 amide bonds. The van der Waals surface area contributed by atoms with Gasteiger partial charge < -0.3 is 15.2 Å². The number of ether oxygens (including phenoxy) is 2. The third-order valence-electron chi connectivity index (χ3n) is 5.09. The second-order valence-electron chi connectivity index (χ2n) is 6.89. The third kappa shape index (κ3) is 3.64. The average Bonchev–Trinajstić information content (AvgIpc) is 2.74. The normalized spacial score (nSPS) is 13.8. The van der Waals surface area contributed by atoms with Gasteiger partial charge in [0.05, 0.1) is 25.5 Å². The van der Waals surface area contributed by atoms with Crippen molar-refractivity contribution in [2.24, 2.45) is 0 Å². The number of benzene rings is 2. The monoisotopic (exact) mass is 376 g/mol. The molecule has 0 radical (unpaired) electrons. The first kappa shape index (κ1) is 18.3. The molecule has 1 aliphatic heterocycles. The van der Waals surface area contributed by atoms with Crippen LogP contribution < -0.4 is 15.2 Å². The first-order chi connectivity index (χ1) is 13.7. The first-order valence-electron chi connectivity index (χ1n) is 9.31. The molecule has 0 saturated heterocycles. The quantitative estimate of drug-likeness (QED) is 0.689. The van der Waals surface area contributed by atoms with Crippen LogP contribution >= 0.6 is 0 Å². The summed E-state index contributed by atoms with van der Waals surface area (Å²) in [6.07, 6.45) is 2.83. The molecule has 0 bridgehead atoms. The van der Waals surface area contributed by atoms with Crippen molar-refractivity contribution in [2.75, 3.05) is 26.5 Å². The zero-order chi connectivity index (χ0) is 19.5. The predicted molar refractivity (Wildman–Crippen MR) is 109 cm³/mol. The Bertz CT molecular complexity index is 951. The maximum absolute atomic E-state index is 5.77. The summed E-state index contributed by atoms with van der Waals surface area (Å²) in [5.74, 6) is 2.44. The van der Waals surface area contributed by atoms with Crippen LogP contribution in [0.25, 0.3) is 11.4 Å². The Morgan fingerprint density at radius 1 is 1.04 bits per heavy atom. The fraction of sp³-hybridized carbons (Fsp3) is 0.273. The lowest BCUT2D eigenvalue weighted by atomic mass is 10.0. The Morgan fingerprint density at radius 3 is 2.43 bits per heavy atom. The topological polar surface area (TPSA) is 73.5 Å². The van der Waals surface area contributed by atoms with Crippen molar-refractivity contribution < 1.29 is 9.47 Å². The molecule has 6 nitrogen and oxygen atoms in total. The Morgan fingerprint density at radius 2 is 1.75 bits per heavy atom. The summed E-state index contributed by atoms with van der Waals surface area (Å²) in [7, 11) is 3.38. The molecule has 144 valence electrons. The summed E-state index contributed by atoms with van der Waals surface area (Å²) < 4.78 is 11.1. The Hall–Kier alpha value is -3.12. The number of rotatable bonds is 5. The summed E-state index contributed by atoms with van der Waals surface area (Å²) >= 11 is 0. The molecule has 4 rings (SSSR count). The van der Waals surface area contributed by atoms with E-state index in [1.807, 2.05) is 48.7 Å². The highest BCUT2D eigenvalue weighted by molar-refractivity contribution is 5.58. The van der Waals surface area contributed by atoms with Gasteiger partial charge in [0.15, 0.2) is 5.82 Å². The van der Waals surface area contributed by atoms with Crippen LogP contribution in [0.2, 0.25) is 0 Å². The van der Waals surface area contributed by atoms with E-state index < -0.39 is 0 Å². The number of anilines is 1. The smallest absolute Gasteiger partial charge is 0.159 e. The number of hydrogen-bond acceptors (Lipinski definition) is 6. The van der Waals surface area contributed by atoms with E-state index in [4.69, 9.17) is 20.2 Å². The number of aromatic nitrogens is 2. The van der Waals surface area contributed by atoms with Gasteiger partial charge in [-0.15, -0.1) is 0 Å². The molecular formula is C22H24N4O2. The highest BCUT2D eigenvalue weighted by atomic mass is 16.5. The van der Waals surface area contributed by atoms with E-state index in [9.17, 15) is 0 Å². The second-order valence-corrected chi connectivity index (χ2v) is 6.89. The van der Waals surface area contributed by atoms with Crippen molar-refractivity contribution in [1.82, 2.24) is 14.9 Å². The molecular weight excluding hydrogens is 352 g/mol. The number of nitrogen functional groups attached to an aromatic ring is 1. The van der Waals surface area contributed by atoms with Crippen molar-refractivity contribution >= 4 is 5.69 Å². The van der Waals surface area contributed by atoms with Gasteiger partial charge >= 0.3 is 0 Å². The van der Waals surface area contributed by atoms with Gasteiger partial charge in [-0.25, -0.2) is 9.97 Å². The van der Waals surface area contributed by atoms with Crippen LogP contribution in [0.4, 0.5) is 5.69 Å². The van der Waals surface area contributed by atoms with Crippen molar-refractivity contribution in [2.45, 2.75) is 19.5 Å². The van der Waals surface area contributed by atoms with Crippen LogP contribution in [0.3, 0.4) is 0 Å². The lowest BCUT2D eigenvalue weighted by Gasteiger charge is -2.29. The number of fused-ring (bicyclic) bond motifs is 1. The van der Waals surface area contributed by atoms with Gasteiger partial charge in [0.25, 0.3) is 0 Å². The van der Waals surface area contributed by atoms with Crippen LogP contribution in [0.1, 0.15) is 16.8 Å². The van der Waals surface area contributed by atoms with Crippen LogP contribution in [0.15, 0.2) is 48.7 Å². The van der Waals surface area contributed by atoms with Gasteiger partial charge in [-0.3, -0.25) is 4.90 Å². The van der Waals surface area contributed by atoms with E-state index >= 15 is 0 Å². The number of methoxy groups -OCH3 is 2. The summed E-state index contributed by atoms with van der Waals surface area (Å²) in [6, 6.07) is 13.6. The van der Waals surface area contributed by atoms with Gasteiger partial charge in [-0.05, 0) is 36.4 Å². The molecule has 2 aromatic carbocycles.